The second kappa shape index (κ2) is 9.64. The van der Waals surface area contributed by atoms with Crippen LogP contribution in [0.3, 0.4) is 0 Å². The molecule has 0 spiro atoms. The second-order valence-corrected chi connectivity index (χ2v) is 6.69. The molecule has 0 fully saturated rings. The highest BCUT2D eigenvalue weighted by Gasteiger charge is 2.36. The summed E-state index contributed by atoms with van der Waals surface area (Å²) in [4.78, 5) is 42.6. The zero-order valence-electron chi connectivity index (χ0n) is 16.2. The molecular formula is C22H23N3O4. The molecule has 150 valence electrons. The van der Waals surface area contributed by atoms with Crippen molar-refractivity contribution in [1.29, 1.82) is 0 Å². The van der Waals surface area contributed by atoms with Crippen LogP contribution in [0, 0.1) is 0 Å². The molecule has 2 aromatic carbocycles. The monoisotopic (exact) mass is 393 g/mol. The van der Waals surface area contributed by atoms with E-state index in [1.807, 2.05) is 30.3 Å². The Morgan fingerprint density at radius 2 is 1.69 bits per heavy atom. The van der Waals surface area contributed by atoms with Gasteiger partial charge in [0.25, 0.3) is 11.8 Å². The molecule has 1 aliphatic heterocycles. The number of rotatable bonds is 8. The third-order valence-corrected chi connectivity index (χ3v) is 4.64. The van der Waals surface area contributed by atoms with Crippen molar-refractivity contribution >= 4 is 24.1 Å². The number of ether oxygens (including phenoxy) is 1. The van der Waals surface area contributed by atoms with Gasteiger partial charge in [-0.2, -0.15) is 0 Å². The molecular weight excluding hydrogens is 370 g/mol. The minimum atomic E-state index is -0.594. The summed E-state index contributed by atoms with van der Waals surface area (Å²) < 4.78 is 5.27. The van der Waals surface area contributed by atoms with Gasteiger partial charge in [0, 0.05) is 13.6 Å². The number of amides is 3. The first kappa shape index (κ1) is 20.3. The van der Waals surface area contributed by atoms with Gasteiger partial charge in [0.1, 0.15) is 6.61 Å². The Bertz CT molecular complexity index is 876. The molecule has 1 unspecified atom stereocenters. The molecule has 0 saturated carbocycles. The molecule has 0 bridgehead atoms. The minimum absolute atomic E-state index is 0.0737. The van der Waals surface area contributed by atoms with Crippen LogP contribution in [0.2, 0.25) is 0 Å². The van der Waals surface area contributed by atoms with E-state index in [1.165, 1.54) is 4.90 Å². The summed E-state index contributed by atoms with van der Waals surface area (Å²) in [6, 6.07) is 15.6. The van der Waals surface area contributed by atoms with E-state index >= 15 is 0 Å². The summed E-state index contributed by atoms with van der Waals surface area (Å²) in [5.41, 5.74) is 1.65. The lowest BCUT2D eigenvalue weighted by Crippen LogP contribution is -2.46. The fraction of sp³-hybridized carbons (Fsp3) is 0.273. The van der Waals surface area contributed by atoms with Crippen LogP contribution in [0.5, 0.6) is 0 Å². The number of aliphatic imine (C=N–C) groups is 1. The average molecular weight is 393 g/mol. The van der Waals surface area contributed by atoms with Gasteiger partial charge >= 0.3 is 6.09 Å². The highest BCUT2D eigenvalue weighted by molar-refractivity contribution is 6.21. The van der Waals surface area contributed by atoms with Gasteiger partial charge in [-0.25, -0.2) is 4.79 Å². The number of nitrogens with zero attached hydrogens (tertiary/aromatic N) is 2. The third kappa shape index (κ3) is 5.07. The maximum atomic E-state index is 12.6. The zero-order valence-corrected chi connectivity index (χ0v) is 16.2. The number of carbonyl (C=O) groups excluding carboxylic acids is 3. The van der Waals surface area contributed by atoms with E-state index in [-0.39, 0.29) is 25.0 Å². The lowest BCUT2D eigenvalue weighted by Gasteiger charge is -2.23. The van der Waals surface area contributed by atoms with E-state index in [1.54, 1.807) is 37.5 Å². The summed E-state index contributed by atoms with van der Waals surface area (Å²) >= 11 is 0. The van der Waals surface area contributed by atoms with Crippen LogP contribution >= 0.6 is 0 Å². The van der Waals surface area contributed by atoms with E-state index < -0.39 is 12.1 Å². The largest absolute Gasteiger partial charge is 0.445 e. The molecule has 3 amide bonds. The molecule has 0 aromatic heterocycles. The number of benzene rings is 2. The van der Waals surface area contributed by atoms with Crippen molar-refractivity contribution < 1.29 is 19.1 Å². The van der Waals surface area contributed by atoms with Crippen molar-refractivity contribution in [3.8, 4) is 0 Å². The van der Waals surface area contributed by atoms with Gasteiger partial charge < -0.3 is 15.0 Å². The van der Waals surface area contributed by atoms with E-state index in [0.717, 1.165) is 5.56 Å². The second-order valence-electron chi connectivity index (χ2n) is 6.69. The summed E-state index contributed by atoms with van der Waals surface area (Å²) in [5, 5.41) is 2.77. The van der Waals surface area contributed by atoms with Crippen LogP contribution < -0.4 is 5.32 Å². The smallest absolute Gasteiger partial charge is 0.407 e. The number of hydrogen-bond donors (Lipinski definition) is 1. The van der Waals surface area contributed by atoms with E-state index in [0.29, 0.717) is 24.0 Å². The Labute approximate surface area is 169 Å². The van der Waals surface area contributed by atoms with Crippen molar-refractivity contribution in [2.75, 3.05) is 13.6 Å². The van der Waals surface area contributed by atoms with Gasteiger partial charge in [0.15, 0.2) is 0 Å². The molecule has 1 aliphatic rings. The van der Waals surface area contributed by atoms with E-state index in [4.69, 9.17) is 4.74 Å². The molecule has 0 saturated heterocycles. The predicted octanol–water partition coefficient (Wildman–Crippen LogP) is 3.06. The number of alkyl carbamates (subject to hydrolysis) is 1. The maximum absolute atomic E-state index is 12.6. The molecule has 3 rings (SSSR count). The van der Waals surface area contributed by atoms with Crippen LogP contribution in [-0.4, -0.2) is 48.7 Å². The number of imide groups is 1. The number of fused-ring (bicyclic) bond motifs is 1. The summed E-state index contributed by atoms with van der Waals surface area (Å²) in [5.74, 6) is -0.696. The average Bonchev–Trinajstić information content (AvgIpc) is 2.98. The van der Waals surface area contributed by atoms with Crippen LogP contribution in [-0.2, 0) is 11.3 Å². The normalized spacial score (nSPS) is 14.2. The van der Waals surface area contributed by atoms with Gasteiger partial charge in [-0.05, 0) is 36.8 Å². The predicted molar refractivity (Wildman–Crippen MR) is 109 cm³/mol. The standard InChI is InChI=1S/C22H23N3O4/c1-23-13-7-10-17(24-22(28)29-15-16-8-3-2-4-9-16)14-25-20(26)18-11-5-6-12-19(18)21(25)27/h2-6,8-9,11-13,17H,7,10,14-15H2,1H3,(H,24,28). The highest BCUT2D eigenvalue weighted by Crippen LogP contribution is 2.23. The van der Waals surface area contributed by atoms with Crippen molar-refractivity contribution in [1.82, 2.24) is 10.2 Å². The topological polar surface area (TPSA) is 88.1 Å². The first-order valence-corrected chi connectivity index (χ1v) is 9.43. The first-order chi connectivity index (χ1) is 14.1. The lowest BCUT2D eigenvalue weighted by molar-refractivity contribution is 0.0630. The number of carbonyl (C=O) groups is 3. The summed E-state index contributed by atoms with van der Waals surface area (Å²) in [7, 11) is 1.67. The van der Waals surface area contributed by atoms with Crippen molar-refractivity contribution in [2.24, 2.45) is 4.99 Å². The Morgan fingerprint density at radius 3 is 2.31 bits per heavy atom. The van der Waals surface area contributed by atoms with Gasteiger partial charge in [0.2, 0.25) is 0 Å². The van der Waals surface area contributed by atoms with Crippen LogP contribution in [0.25, 0.3) is 0 Å². The third-order valence-electron chi connectivity index (χ3n) is 4.64. The van der Waals surface area contributed by atoms with Gasteiger partial charge in [-0.3, -0.25) is 14.5 Å². The molecule has 1 heterocycles. The minimum Gasteiger partial charge on any atom is -0.445 e. The molecule has 1 N–H and O–H groups in total. The molecule has 2 aromatic rings. The van der Waals surface area contributed by atoms with E-state index in [2.05, 4.69) is 10.3 Å². The highest BCUT2D eigenvalue weighted by atomic mass is 16.5. The van der Waals surface area contributed by atoms with Crippen LogP contribution in [0.1, 0.15) is 39.1 Å². The maximum Gasteiger partial charge on any atom is 0.407 e. The Morgan fingerprint density at radius 1 is 1.07 bits per heavy atom. The quantitative estimate of drug-likeness (QED) is 0.551. The summed E-state index contributed by atoms with van der Waals surface area (Å²) in [6.07, 6.45) is 2.25. The van der Waals surface area contributed by atoms with E-state index in [9.17, 15) is 14.4 Å². The van der Waals surface area contributed by atoms with Gasteiger partial charge in [0.05, 0.1) is 17.2 Å². The Hall–Kier alpha value is -3.48. The van der Waals surface area contributed by atoms with Crippen LogP contribution in [0.4, 0.5) is 4.79 Å². The lowest BCUT2D eigenvalue weighted by atomic mass is 10.1. The van der Waals surface area contributed by atoms with Crippen molar-refractivity contribution in [3.05, 3.63) is 71.3 Å². The number of nitrogens with one attached hydrogen (secondary N) is 1. The zero-order chi connectivity index (χ0) is 20.6. The SMILES string of the molecule is CN=CCCC(CN1C(=O)c2ccccc2C1=O)NC(=O)OCc1ccccc1. The van der Waals surface area contributed by atoms with Gasteiger partial charge in [-0.15, -0.1) is 0 Å². The molecule has 29 heavy (non-hydrogen) atoms. The fourth-order valence-electron chi connectivity index (χ4n) is 3.17. The van der Waals surface area contributed by atoms with Gasteiger partial charge in [-0.1, -0.05) is 42.5 Å². The van der Waals surface area contributed by atoms with Crippen LogP contribution in [0.15, 0.2) is 59.6 Å². The van der Waals surface area contributed by atoms with Crippen molar-refractivity contribution in [2.45, 2.75) is 25.5 Å². The first-order valence-electron chi connectivity index (χ1n) is 9.43. The fourth-order valence-corrected chi connectivity index (χ4v) is 3.17. The number of hydrogen-bond acceptors (Lipinski definition) is 5. The molecule has 7 heteroatoms. The molecule has 7 nitrogen and oxygen atoms in total. The Balaban J connectivity index is 1.63. The molecule has 0 radical (unpaired) electrons. The Kier molecular flexibility index (Phi) is 6.73. The van der Waals surface area contributed by atoms with Crippen molar-refractivity contribution in [3.63, 3.8) is 0 Å². The molecule has 0 aliphatic carbocycles. The summed E-state index contributed by atoms with van der Waals surface area (Å²) in [6.45, 7) is 0.215. The molecule has 1 atom stereocenters.